The largest absolute Gasteiger partial charge is 0.493 e. The van der Waals surface area contributed by atoms with E-state index in [2.05, 4.69) is 10.3 Å². The number of rotatable bonds is 13. The number of carbonyl (C=O) groups is 5. The molecule has 2 aromatic rings. The van der Waals surface area contributed by atoms with Crippen LogP contribution in [0.2, 0.25) is 0 Å². The summed E-state index contributed by atoms with van der Waals surface area (Å²) in [5, 5.41) is 2.60. The van der Waals surface area contributed by atoms with Gasteiger partial charge in [0.25, 0.3) is 5.91 Å². The van der Waals surface area contributed by atoms with Crippen molar-refractivity contribution in [1.29, 1.82) is 0 Å². The van der Waals surface area contributed by atoms with Gasteiger partial charge < -0.3 is 33.7 Å². The summed E-state index contributed by atoms with van der Waals surface area (Å²) in [5.74, 6) is -5.65. The fourth-order valence-electron chi connectivity index (χ4n) is 4.45. The molecule has 2 unspecified atom stereocenters. The third kappa shape index (κ3) is 9.91. The molecule has 3 rings (SSSR count). The van der Waals surface area contributed by atoms with E-state index >= 15 is 0 Å². The van der Waals surface area contributed by atoms with Gasteiger partial charge in [-0.1, -0.05) is 51.1 Å². The van der Waals surface area contributed by atoms with Crippen LogP contribution in [0, 0.1) is 17.8 Å². The van der Waals surface area contributed by atoms with E-state index in [-0.39, 0.29) is 36.6 Å². The maximum Gasteiger partial charge on any atom is 0.314 e. The minimum absolute atomic E-state index is 0.0718. The van der Waals surface area contributed by atoms with Crippen LogP contribution in [0.5, 0.6) is 11.5 Å². The molecule has 1 amide bonds. The third-order valence-corrected chi connectivity index (χ3v) is 6.94. The van der Waals surface area contributed by atoms with E-state index in [1.807, 2.05) is 37.3 Å². The lowest BCUT2D eigenvalue weighted by molar-refractivity contribution is -0.177. The van der Waals surface area contributed by atoms with Crippen molar-refractivity contribution in [1.82, 2.24) is 10.3 Å². The zero-order valence-corrected chi connectivity index (χ0v) is 26.1. The van der Waals surface area contributed by atoms with Gasteiger partial charge in [-0.25, -0.2) is 4.98 Å². The molecular weight excluding hydrogens is 588 g/mol. The number of methoxy groups -OCH3 is 1. The maximum absolute atomic E-state index is 13.4. The lowest BCUT2D eigenvalue weighted by Crippen LogP contribution is -2.44. The van der Waals surface area contributed by atoms with Crippen molar-refractivity contribution in [2.24, 2.45) is 17.8 Å². The highest BCUT2D eigenvalue weighted by Crippen LogP contribution is 2.30. The summed E-state index contributed by atoms with van der Waals surface area (Å²) < 4.78 is 32.7. The van der Waals surface area contributed by atoms with Crippen LogP contribution in [-0.2, 0) is 44.5 Å². The summed E-state index contributed by atoms with van der Waals surface area (Å²) in [4.78, 5) is 68.2. The number of benzene rings is 1. The van der Waals surface area contributed by atoms with Crippen molar-refractivity contribution in [3.8, 4) is 11.5 Å². The van der Waals surface area contributed by atoms with Gasteiger partial charge in [-0.2, -0.15) is 0 Å². The van der Waals surface area contributed by atoms with Crippen molar-refractivity contribution in [2.75, 3.05) is 27.1 Å². The quantitative estimate of drug-likeness (QED) is 0.196. The molecule has 0 saturated carbocycles. The predicted molar refractivity (Wildman–Crippen MR) is 158 cm³/mol. The Morgan fingerprint density at radius 2 is 1.82 bits per heavy atom. The van der Waals surface area contributed by atoms with Gasteiger partial charge in [0.2, 0.25) is 6.79 Å². The molecule has 45 heavy (non-hydrogen) atoms. The molecular formula is C32H40N2O11. The molecule has 13 heteroatoms. The first kappa shape index (κ1) is 34.8. The standard InChI is InChI=1S/C32H40N2O11/c1-6-10-25(35)42-18-43-28-24(40-5)13-14-33-26(28)29(36)34-16-22-17-41-32(39)23(15-21-11-8-7-9-12-21)27(20(4)44-31(22)38)45-30(37)19(2)3/h7-9,11-14,19-20,22-23,27H,6,10,15-18H2,1-5H3,(H,34,36)/t20-,22?,23+,27?/m0/s1. The average Bonchev–Trinajstić information content (AvgIpc) is 3.05. The number of hydrogen-bond acceptors (Lipinski definition) is 12. The second-order valence-corrected chi connectivity index (χ2v) is 10.8. The fourth-order valence-corrected chi connectivity index (χ4v) is 4.45. The van der Waals surface area contributed by atoms with Gasteiger partial charge in [-0.15, -0.1) is 0 Å². The van der Waals surface area contributed by atoms with Gasteiger partial charge in [-0.05, 0) is 25.3 Å². The van der Waals surface area contributed by atoms with Gasteiger partial charge in [0.05, 0.1) is 13.0 Å². The lowest BCUT2D eigenvalue weighted by Gasteiger charge is -2.29. The highest BCUT2D eigenvalue weighted by molar-refractivity contribution is 5.96. The van der Waals surface area contributed by atoms with Gasteiger partial charge in [0.1, 0.15) is 24.5 Å². The van der Waals surface area contributed by atoms with Crippen molar-refractivity contribution < 1.29 is 52.4 Å². The number of nitrogens with zero attached hydrogens (tertiary/aromatic N) is 1. The van der Waals surface area contributed by atoms with Crippen LogP contribution in [-0.4, -0.2) is 74.0 Å². The molecule has 0 aliphatic carbocycles. The van der Waals surface area contributed by atoms with Crippen molar-refractivity contribution >= 4 is 29.8 Å². The molecule has 0 spiro atoms. The Hall–Kier alpha value is -4.68. The van der Waals surface area contributed by atoms with E-state index in [1.165, 1.54) is 19.4 Å². The number of carbonyl (C=O) groups excluding carboxylic acids is 5. The van der Waals surface area contributed by atoms with E-state index in [0.29, 0.717) is 6.42 Å². The average molecular weight is 629 g/mol. The van der Waals surface area contributed by atoms with Crippen LogP contribution in [0.3, 0.4) is 0 Å². The molecule has 1 N–H and O–H groups in total. The Kier molecular flexibility index (Phi) is 13.1. The first-order valence-electron chi connectivity index (χ1n) is 14.8. The van der Waals surface area contributed by atoms with E-state index in [4.69, 9.17) is 28.4 Å². The van der Waals surface area contributed by atoms with E-state index < -0.39 is 73.1 Å². The SMILES string of the molecule is CCCC(=O)OCOc1c(OC)ccnc1C(=O)NCC1COC(=O)[C@H](Cc2ccccc2)C(OC(=O)C(C)C)[C@H](C)OC1=O. The number of cyclic esters (lactones) is 2. The fraction of sp³-hybridized carbons (Fsp3) is 0.500. The Morgan fingerprint density at radius 3 is 2.49 bits per heavy atom. The molecule has 1 saturated heterocycles. The van der Waals surface area contributed by atoms with E-state index in [9.17, 15) is 24.0 Å². The van der Waals surface area contributed by atoms with Gasteiger partial charge in [0, 0.05) is 25.2 Å². The smallest absolute Gasteiger partial charge is 0.314 e. The van der Waals surface area contributed by atoms with Crippen LogP contribution in [0.25, 0.3) is 0 Å². The number of nitrogens with one attached hydrogen (secondary N) is 1. The number of esters is 4. The molecule has 1 aromatic carbocycles. The second-order valence-electron chi connectivity index (χ2n) is 10.8. The van der Waals surface area contributed by atoms with Gasteiger partial charge >= 0.3 is 23.9 Å². The van der Waals surface area contributed by atoms with Crippen molar-refractivity contribution in [3.63, 3.8) is 0 Å². The van der Waals surface area contributed by atoms with Crippen LogP contribution in [0.1, 0.15) is 56.6 Å². The monoisotopic (exact) mass is 628 g/mol. The Morgan fingerprint density at radius 1 is 1.09 bits per heavy atom. The number of amides is 1. The summed E-state index contributed by atoms with van der Waals surface area (Å²) >= 11 is 0. The predicted octanol–water partition coefficient (Wildman–Crippen LogP) is 3.03. The van der Waals surface area contributed by atoms with Crippen LogP contribution in [0.4, 0.5) is 0 Å². The molecule has 1 aliphatic rings. The number of ether oxygens (including phenoxy) is 6. The summed E-state index contributed by atoms with van der Waals surface area (Å²) in [6, 6.07) is 10.6. The van der Waals surface area contributed by atoms with Crippen LogP contribution < -0.4 is 14.8 Å². The summed E-state index contributed by atoms with van der Waals surface area (Å²) in [6.45, 7) is 5.52. The third-order valence-electron chi connectivity index (χ3n) is 6.94. The highest BCUT2D eigenvalue weighted by Gasteiger charge is 2.42. The Labute approximate surface area is 261 Å². The molecule has 1 aromatic heterocycles. The Bertz CT molecular complexity index is 1330. The minimum Gasteiger partial charge on any atom is -0.493 e. The first-order chi connectivity index (χ1) is 21.5. The van der Waals surface area contributed by atoms with Crippen LogP contribution >= 0.6 is 0 Å². The first-order valence-corrected chi connectivity index (χ1v) is 14.8. The summed E-state index contributed by atoms with van der Waals surface area (Å²) in [7, 11) is 1.37. The lowest BCUT2D eigenvalue weighted by atomic mass is 9.91. The molecule has 0 bridgehead atoms. The van der Waals surface area contributed by atoms with Gasteiger partial charge in [0.15, 0.2) is 23.3 Å². The van der Waals surface area contributed by atoms with E-state index in [1.54, 1.807) is 20.8 Å². The molecule has 1 fully saturated rings. The second kappa shape index (κ2) is 17.0. The molecule has 244 valence electrons. The topological polar surface area (TPSA) is 166 Å². The van der Waals surface area contributed by atoms with Crippen molar-refractivity contribution in [2.45, 2.75) is 59.2 Å². The number of pyridine rings is 1. The molecule has 1 aliphatic heterocycles. The van der Waals surface area contributed by atoms with E-state index in [0.717, 1.165) is 5.56 Å². The zero-order chi connectivity index (χ0) is 32.9. The molecule has 4 atom stereocenters. The number of aromatic nitrogens is 1. The highest BCUT2D eigenvalue weighted by atomic mass is 16.7. The molecule has 13 nitrogen and oxygen atoms in total. The van der Waals surface area contributed by atoms with Gasteiger partial charge in [-0.3, -0.25) is 24.0 Å². The Balaban J connectivity index is 1.77. The van der Waals surface area contributed by atoms with Crippen LogP contribution in [0.15, 0.2) is 42.6 Å². The summed E-state index contributed by atoms with van der Waals surface area (Å²) in [6.07, 6.45) is 0.183. The minimum atomic E-state index is -1.11. The summed E-state index contributed by atoms with van der Waals surface area (Å²) in [5.41, 5.74) is 0.613. The normalized spacial score (nSPS) is 20.0. The maximum atomic E-state index is 13.4. The zero-order valence-electron chi connectivity index (χ0n) is 26.1. The molecule has 2 heterocycles. The number of hydrogen-bond donors (Lipinski definition) is 1. The molecule has 0 radical (unpaired) electrons. The van der Waals surface area contributed by atoms with Crippen molar-refractivity contribution in [3.05, 3.63) is 53.9 Å².